The molecule has 5 aliphatic rings. The number of anilines is 6. The number of aliphatic hydroxyl groups excluding tert-OH is 5. The molecule has 11 rings (SSSR count). The molecule has 2 aliphatic heterocycles. The number of aromatic nitrogens is 10. The number of hydrogen-bond donors (Lipinski definition) is 13. The van der Waals surface area contributed by atoms with Crippen LogP contribution < -0.4 is 52.3 Å². The molecular formula is C50H64N20O9. The zero-order valence-corrected chi connectivity index (χ0v) is 43.0. The summed E-state index contributed by atoms with van der Waals surface area (Å²) in [6.07, 6.45) is 11.0. The van der Waals surface area contributed by atoms with E-state index in [1.165, 1.54) is 0 Å². The van der Waals surface area contributed by atoms with Gasteiger partial charge in [0.15, 0.2) is 34.0 Å². The number of rotatable bonds is 16. The van der Waals surface area contributed by atoms with Crippen molar-refractivity contribution < 1.29 is 44.7 Å². The van der Waals surface area contributed by atoms with Gasteiger partial charge in [-0.1, -0.05) is 0 Å². The number of urea groups is 2. The summed E-state index contributed by atoms with van der Waals surface area (Å²) >= 11 is 0. The van der Waals surface area contributed by atoms with Gasteiger partial charge in [0.05, 0.1) is 60.7 Å². The van der Waals surface area contributed by atoms with E-state index in [0.717, 1.165) is 0 Å². The fourth-order valence-electron chi connectivity index (χ4n) is 11.6. The van der Waals surface area contributed by atoms with Gasteiger partial charge in [0, 0.05) is 68.8 Å². The smallest absolute Gasteiger partial charge is 0.319 e. The van der Waals surface area contributed by atoms with Crippen molar-refractivity contribution in [2.45, 2.75) is 124 Å². The molecule has 13 N–H and O–H groups in total. The maximum Gasteiger partial charge on any atom is 0.319 e. The Kier molecular flexibility index (Phi) is 15.5. The topological polar surface area (TPSA) is 385 Å². The van der Waals surface area contributed by atoms with Crippen LogP contribution in [0, 0.1) is 0 Å². The third kappa shape index (κ3) is 11.7. The van der Waals surface area contributed by atoms with Gasteiger partial charge in [0.25, 0.3) is 0 Å². The molecule has 0 spiro atoms. The lowest BCUT2D eigenvalue weighted by Crippen LogP contribution is -2.44. The van der Waals surface area contributed by atoms with Gasteiger partial charge in [0.1, 0.15) is 25.4 Å². The molecule has 29 nitrogen and oxygen atoms in total. The van der Waals surface area contributed by atoms with Crippen molar-refractivity contribution in [3.05, 3.63) is 61.7 Å². The van der Waals surface area contributed by atoms with Gasteiger partial charge in [-0.25, -0.2) is 19.6 Å². The van der Waals surface area contributed by atoms with Gasteiger partial charge >= 0.3 is 12.1 Å². The summed E-state index contributed by atoms with van der Waals surface area (Å²) in [5.74, 6) is 0.565. The molecule has 3 saturated carbocycles. The number of carbonyl (C=O) groups excluding carboxylic acids is 4. The Balaban J connectivity index is 0.816. The van der Waals surface area contributed by atoms with E-state index in [-0.39, 0.29) is 55.1 Å². The molecule has 6 aromatic heterocycles. The van der Waals surface area contributed by atoms with Crippen molar-refractivity contribution in [1.29, 1.82) is 0 Å². The van der Waals surface area contributed by atoms with E-state index in [1.807, 2.05) is 14.4 Å². The Labute approximate surface area is 451 Å². The van der Waals surface area contributed by atoms with E-state index in [9.17, 15) is 44.7 Å². The number of imidazole rings is 2. The molecule has 1 unspecified atom stereocenters. The van der Waals surface area contributed by atoms with Crippen LogP contribution >= 0.6 is 0 Å². The van der Waals surface area contributed by atoms with Crippen LogP contribution in [0.1, 0.15) is 69.9 Å². The first-order valence-electron chi connectivity index (χ1n) is 26.7. The molecule has 0 aromatic carbocycles. The van der Waals surface area contributed by atoms with Crippen molar-refractivity contribution >= 4 is 81.1 Å². The third-order valence-corrected chi connectivity index (χ3v) is 15.5. The summed E-state index contributed by atoms with van der Waals surface area (Å²) < 4.78 is 3.52. The highest BCUT2D eigenvalue weighted by Crippen LogP contribution is 2.38. The van der Waals surface area contributed by atoms with Crippen LogP contribution in [0.2, 0.25) is 0 Å². The second-order valence-corrected chi connectivity index (χ2v) is 20.9. The highest BCUT2D eigenvalue weighted by molar-refractivity contribution is 5.90. The van der Waals surface area contributed by atoms with Crippen LogP contribution in [0.5, 0.6) is 0 Å². The average Bonchev–Trinajstić information content (AvgIpc) is 4.54. The maximum atomic E-state index is 13.0. The number of amides is 6. The van der Waals surface area contributed by atoms with Crippen molar-refractivity contribution in [2.24, 2.45) is 0 Å². The van der Waals surface area contributed by atoms with Gasteiger partial charge in [-0.15, -0.1) is 0 Å². The summed E-state index contributed by atoms with van der Waals surface area (Å²) in [5, 5.41) is 76.8. The molecule has 0 bridgehead atoms. The number of pyridine rings is 2. The molecule has 9 atom stereocenters. The Bertz CT molecular complexity index is 3150. The van der Waals surface area contributed by atoms with Crippen molar-refractivity contribution in [3.63, 3.8) is 0 Å². The Morgan fingerprint density at radius 1 is 0.557 bits per heavy atom. The number of aliphatic hydroxyl groups is 5. The third-order valence-electron chi connectivity index (χ3n) is 15.5. The molecular weight excluding hydrogens is 1020 g/mol. The monoisotopic (exact) mass is 1090 g/mol. The van der Waals surface area contributed by atoms with Crippen LogP contribution in [0.15, 0.2) is 61.7 Å². The molecule has 79 heavy (non-hydrogen) atoms. The Morgan fingerprint density at radius 3 is 1.56 bits per heavy atom. The number of fused-ring (bicyclic) bond motifs is 2. The summed E-state index contributed by atoms with van der Waals surface area (Å²) in [6, 6.07) is 3.25. The predicted molar refractivity (Wildman–Crippen MR) is 286 cm³/mol. The summed E-state index contributed by atoms with van der Waals surface area (Å²) in [4.78, 5) is 91.9. The fraction of sp³-hybridized carbons (Fsp3) is 0.520. The number of nitrogens with one attached hydrogen (secondary N) is 8. The lowest BCUT2D eigenvalue weighted by atomic mass is 9.91. The minimum absolute atomic E-state index is 0.0485. The highest BCUT2D eigenvalue weighted by Gasteiger charge is 2.44. The lowest BCUT2D eigenvalue weighted by Gasteiger charge is -2.31. The van der Waals surface area contributed by atoms with E-state index in [0.29, 0.717) is 128 Å². The predicted octanol–water partition coefficient (Wildman–Crippen LogP) is -0.291. The molecule has 3 aliphatic carbocycles. The Morgan fingerprint density at radius 2 is 1.06 bits per heavy atom. The van der Waals surface area contributed by atoms with Gasteiger partial charge in [0.2, 0.25) is 23.7 Å². The first-order valence-corrected chi connectivity index (χ1v) is 26.7. The number of nitrogens with zero attached hydrogens (tertiary/aromatic N) is 12. The largest absolute Gasteiger partial charge is 0.391 e. The average molecular weight is 1090 g/mol. The second kappa shape index (κ2) is 23.1. The maximum absolute atomic E-state index is 13.0. The van der Waals surface area contributed by atoms with E-state index in [4.69, 9.17) is 29.9 Å². The Hall–Kier alpha value is -8.12. The summed E-state index contributed by atoms with van der Waals surface area (Å²) in [7, 11) is 0. The standard InChI is InChI=1S/C50H64N20O9/c71-22-37(74)55-32-15-34(36(73)16-32)69-24-53-39-43(63-47(65-45(39)69)67-13-9-30(20-67)60-49(78)58-28-3-1-11-51-18-28)56-26-5-7-27(8-6-26)57-44-40-46(70(25-54-40)35-17-33(41(76)42(35)77)62-38(75)23-72)66-48(64-44)68-14-10-31(21-68)61-50(79)59-29-4-2-12-52-19-29/h1-4,11-12,18-19,24-27,30-36,41-42,71-73,76-77H,5-10,13-17,20-23H2,(H,55,74)(H,62,75)(H,56,63,65)(H,57,64,66)(H2,58,60,78)(H2,59,61,79)/t26?,27?,30-,31?,32+,33+,34-,35-,36-,41-,42+/m1/s1. The van der Waals surface area contributed by atoms with Crippen LogP contribution in [0.25, 0.3) is 22.3 Å². The quantitative estimate of drug-likeness (QED) is 0.0592. The molecule has 2 saturated heterocycles. The highest BCUT2D eigenvalue weighted by atomic mass is 16.3. The van der Waals surface area contributed by atoms with Crippen LogP contribution in [0.4, 0.5) is 44.5 Å². The minimum atomic E-state index is -1.32. The van der Waals surface area contributed by atoms with Crippen molar-refractivity contribution in [2.75, 3.05) is 70.5 Å². The van der Waals surface area contributed by atoms with Crippen LogP contribution in [-0.2, 0) is 9.59 Å². The van der Waals surface area contributed by atoms with E-state index in [2.05, 4.69) is 52.5 Å². The van der Waals surface area contributed by atoms with Gasteiger partial charge in [-0.05, 0) is 82.1 Å². The zero-order chi connectivity index (χ0) is 54.7. The molecule has 0 radical (unpaired) electrons. The molecule has 6 amide bonds. The first-order chi connectivity index (χ1) is 38.4. The van der Waals surface area contributed by atoms with E-state index in [1.54, 1.807) is 66.3 Å². The van der Waals surface area contributed by atoms with Crippen LogP contribution in [-0.4, -0.2) is 192 Å². The van der Waals surface area contributed by atoms with Gasteiger partial charge in [-0.3, -0.25) is 19.6 Å². The van der Waals surface area contributed by atoms with Gasteiger partial charge < -0.3 is 87.0 Å². The molecule has 8 heterocycles. The van der Waals surface area contributed by atoms with Crippen LogP contribution in [0.3, 0.4) is 0 Å². The SMILES string of the molecule is O=C(CO)N[C@@H]1C[C@@H](O)[C@H](n2cnc3c(NC4CCC(Nc5nc(N6CCC(NC(=O)Nc7cccnc7)C6)nc6c5ncn6[C@@H]5C[C@H](NC(=O)CO)[C@@H](O)[C@H]5O)CC4)nc(N4CC[C@@H](NC(=O)Nc5cccnc5)C4)nc32)C1. The van der Waals surface area contributed by atoms with E-state index >= 15 is 0 Å². The normalized spacial score (nSPS) is 26.8. The minimum Gasteiger partial charge on any atom is -0.391 e. The summed E-state index contributed by atoms with van der Waals surface area (Å²) in [6.45, 7) is 0.477. The molecule has 29 heteroatoms. The van der Waals surface area contributed by atoms with Crippen molar-refractivity contribution in [3.8, 4) is 0 Å². The fourth-order valence-corrected chi connectivity index (χ4v) is 11.6. The molecule has 5 fully saturated rings. The van der Waals surface area contributed by atoms with Crippen molar-refractivity contribution in [1.82, 2.24) is 70.3 Å². The molecule has 418 valence electrons. The number of carbonyl (C=O) groups is 4. The summed E-state index contributed by atoms with van der Waals surface area (Å²) in [5.41, 5.74) is 2.95. The van der Waals surface area contributed by atoms with E-state index < -0.39 is 61.5 Å². The van der Waals surface area contributed by atoms with Gasteiger partial charge in [-0.2, -0.15) is 19.9 Å². The molecule has 6 aromatic rings. The number of hydrogen-bond acceptors (Lipinski definition) is 21. The first kappa shape index (κ1) is 52.9. The second-order valence-electron chi connectivity index (χ2n) is 20.9. The zero-order valence-electron chi connectivity index (χ0n) is 43.0. The lowest BCUT2D eigenvalue weighted by molar-refractivity contribution is -0.125.